The highest BCUT2D eigenvalue weighted by atomic mass is 19.4. The summed E-state index contributed by atoms with van der Waals surface area (Å²) in [6.45, 7) is 4.32. The van der Waals surface area contributed by atoms with Gasteiger partial charge in [-0.2, -0.15) is 18.3 Å². The number of amides is 1. The lowest BCUT2D eigenvalue weighted by molar-refractivity contribution is -0.141. The minimum Gasteiger partial charge on any atom is -0.360 e. The van der Waals surface area contributed by atoms with Crippen molar-refractivity contribution < 1.29 is 22.5 Å². The monoisotopic (exact) mass is 384 g/mol. The molecule has 2 aromatic rings. The lowest BCUT2D eigenvalue weighted by Gasteiger charge is -2.29. The summed E-state index contributed by atoms with van der Waals surface area (Å²) < 4.78 is 45.6. The molecule has 1 amide bonds. The van der Waals surface area contributed by atoms with Gasteiger partial charge in [-0.15, -0.1) is 0 Å². The Balaban J connectivity index is 1.94. The third-order valence-electron chi connectivity index (χ3n) is 4.88. The van der Waals surface area contributed by atoms with Crippen molar-refractivity contribution in [2.24, 2.45) is 7.05 Å². The van der Waals surface area contributed by atoms with Gasteiger partial charge < -0.3 is 9.42 Å². The summed E-state index contributed by atoms with van der Waals surface area (Å²) in [5, 5.41) is 7.47. The number of halogens is 3. The lowest BCUT2D eigenvalue weighted by Crippen LogP contribution is -2.36. The smallest absolute Gasteiger partial charge is 0.360 e. The molecule has 27 heavy (non-hydrogen) atoms. The first-order chi connectivity index (χ1) is 12.7. The molecule has 0 bridgehead atoms. The first-order valence-corrected chi connectivity index (χ1v) is 9.07. The van der Waals surface area contributed by atoms with Gasteiger partial charge in [-0.1, -0.05) is 31.8 Å². The van der Waals surface area contributed by atoms with Crippen molar-refractivity contribution in [3.8, 4) is 0 Å². The maximum atomic E-state index is 13.0. The van der Waals surface area contributed by atoms with Crippen LogP contribution in [0.2, 0.25) is 0 Å². The number of alkyl halides is 3. The summed E-state index contributed by atoms with van der Waals surface area (Å²) in [6, 6.07) is 2.17. The third kappa shape index (κ3) is 4.01. The third-order valence-corrected chi connectivity index (χ3v) is 4.88. The van der Waals surface area contributed by atoms with Gasteiger partial charge in [0.1, 0.15) is 5.76 Å². The van der Waals surface area contributed by atoms with Crippen molar-refractivity contribution in [2.45, 2.75) is 57.7 Å². The fourth-order valence-corrected chi connectivity index (χ4v) is 3.40. The van der Waals surface area contributed by atoms with Gasteiger partial charge in [0, 0.05) is 25.6 Å². The Labute approximate surface area is 155 Å². The van der Waals surface area contributed by atoms with Crippen LogP contribution >= 0.6 is 0 Å². The Hall–Kier alpha value is -2.32. The average molecular weight is 384 g/mol. The van der Waals surface area contributed by atoms with E-state index in [-0.39, 0.29) is 17.5 Å². The molecule has 1 aliphatic rings. The van der Waals surface area contributed by atoms with E-state index in [0.29, 0.717) is 24.4 Å². The minimum absolute atomic E-state index is 0.0883. The second-order valence-electron chi connectivity index (χ2n) is 7.21. The maximum Gasteiger partial charge on any atom is 0.435 e. The van der Waals surface area contributed by atoms with E-state index in [9.17, 15) is 18.0 Å². The van der Waals surface area contributed by atoms with Crippen LogP contribution < -0.4 is 0 Å². The molecule has 0 aromatic carbocycles. The van der Waals surface area contributed by atoms with Crippen LogP contribution in [0.4, 0.5) is 13.2 Å². The van der Waals surface area contributed by atoms with E-state index in [0.717, 1.165) is 25.3 Å². The summed E-state index contributed by atoms with van der Waals surface area (Å²) in [5.74, 6) is 0.363. The molecule has 6 nitrogen and oxygen atoms in total. The van der Waals surface area contributed by atoms with Crippen LogP contribution in [0.5, 0.6) is 0 Å². The Morgan fingerprint density at radius 2 is 2.00 bits per heavy atom. The molecule has 3 rings (SSSR count). The lowest BCUT2D eigenvalue weighted by atomic mass is 10.1. The van der Waals surface area contributed by atoms with Crippen molar-refractivity contribution >= 4 is 5.91 Å². The maximum absolute atomic E-state index is 13.0. The largest absolute Gasteiger partial charge is 0.435 e. The number of hydrogen-bond acceptors (Lipinski definition) is 4. The topological polar surface area (TPSA) is 64.2 Å². The number of likely N-dealkylation sites (tertiary alicyclic amines) is 1. The molecule has 1 fully saturated rings. The van der Waals surface area contributed by atoms with Gasteiger partial charge in [-0.05, 0) is 18.9 Å². The highest BCUT2D eigenvalue weighted by molar-refractivity contribution is 5.92. The van der Waals surface area contributed by atoms with E-state index in [1.165, 1.54) is 11.7 Å². The fourth-order valence-electron chi connectivity index (χ4n) is 3.40. The standard InChI is InChI=1S/C18H23F3N4O2/c1-11(2)15-9-12(23-27-15)17(26)25-8-6-4-5-7-13(25)14-10-16(18(19,20)21)22-24(14)3/h9-11,13H,4-8H2,1-3H3/t13-/m1/s1. The zero-order valence-electron chi connectivity index (χ0n) is 15.6. The number of rotatable bonds is 3. The Morgan fingerprint density at radius 3 is 2.59 bits per heavy atom. The van der Waals surface area contributed by atoms with E-state index in [2.05, 4.69) is 10.3 Å². The molecule has 0 saturated carbocycles. The first kappa shape index (κ1) is 19.4. The molecule has 2 aromatic heterocycles. The number of aryl methyl sites for hydroxylation is 1. The summed E-state index contributed by atoms with van der Waals surface area (Å²) in [4.78, 5) is 14.6. The molecule has 0 unspecified atom stereocenters. The fraction of sp³-hybridized carbons (Fsp3) is 0.611. The molecule has 3 heterocycles. The van der Waals surface area contributed by atoms with Gasteiger partial charge in [0.15, 0.2) is 11.4 Å². The molecule has 0 spiro atoms. The molecular weight excluding hydrogens is 361 g/mol. The van der Waals surface area contributed by atoms with E-state index in [4.69, 9.17) is 4.52 Å². The number of hydrogen-bond donors (Lipinski definition) is 0. The Bertz CT molecular complexity index is 810. The summed E-state index contributed by atoms with van der Waals surface area (Å²) in [6.07, 6.45) is -1.40. The number of nitrogens with zero attached hydrogens (tertiary/aromatic N) is 4. The number of carbonyl (C=O) groups is 1. The van der Waals surface area contributed by atoms with Gasteiger partial charge in [0.2, 0.25) is 0 Å². The zero-order valence-corrected chi connectivity index (χ0v) is 15.6. The molecule has 1 atom stereocenters. The summed E-state index contributed by atoms with van der Waals surface area (Å²) >= 11 is 0. The van der Waals surface area contributed by atoms with Crippen LogP contribution in [0.3, 0.4) is 0 Å². The second kappa shape index (κ2) is 7.36. The van der Waals surface area contributed by atoms with Gasteiger partial charge in [-0.25, -0.2) is 0 Å². The van der Waals surface area contributed by atoms with Gasteiger partial charge in [0.05, 0.1) is 11.7 Å². The molecule has 148 valence electrons. The summed E-state index contributed by atoms with van der Waals surface area (Å²) in [7, 11) is 1.48. The highest BCUT2D eigenvalue weighted by Gasteiger charge is 2.37. The van der Waals surface area contributed by atoms with E-state index < -0.39 is 17.9 Å². The summed E-state index contributed by atoms with van der Waals surface area (Å²) in [5.41, 5.74) is -0.380. The molecule has 0 N–H and O–H groups in total. The zero-order chi connectivity index (χ0) is 19.8. The van der Waals surface area contributed by atoms with Crippen molar-refractivity contribution in [3.05, 3.63) is 35.0 Å². The molecule has 0 aliphatic carbocycles. The van der Waals surface area contributed by atoms with Crippen LogP contribution in [0, 0.1) is 0 Å². The van der Waals surface area contributed by atoms with E-state index in [1.54, 1.807) is 11.0 Å². The highest BCUT2D eigenvalue weighted by Crippen LogP contribution is 2.35. The van der Waals surface area contributed by atoms with Crippen LogP contribution in [-0.4, -0.2) is 32.3 Å². The van der Waals surface area contributed by atoms with E-state index in [1.807, 2.05) is 13.8 Å². The van der Waals surface area contributed by atoms with Crippen molar-refractivity contribution in [2.75, 3.05) is 6.54 Å². The van der Waals surface area contributed by atoms with Crippen molar-refractivity contribution in [1.29, 1.82) is 0 Å². The molecule has 9 heteroatoms. The SMILES string of the molecule is CC(C)c1cc(C(=O)N2CCCCC[C@@H]2c2cc(C(F)(F)F)nn2C)no1. The van der Waals surface area contributed by atoms with Crippen LogP contribution in [0.15, 0.2) is 16.7 Å². The molecule has 0 radical (unpaired) electrons. The molecular formula is C18H23F3N4O2. The van der Waals surface area contributed by atoms with Crippen LogP contribution in [-0.2, 0) is 13.2 Å². The molecule has 1 aliphatic heterocycles. The average Bonchev–Trinajstić information content (AvgIpc) is 3.15. The minimum atomic E-state index is -4.52. The normalized spacial score (nSPS) is 18.8. The predicted molar refractivity (Wildman–Crippen MR) is 91.0 cm³/mol. The Kier molecular flexibility index (Phi) is 5.30. The Morgan fingerprint density at radius 1 is 1.26 bits per heavy atom. The van der Waals surface area contributed by atoms with Gasteiger partial charge >= 0.3 is 6.18 Å². The second-order valence-corrected chi connectivity index (χ2v) is 7.21. The van der Waals surface area contributed by atoms with E-state index >= 15 is 0 Å². The quantitative estimate of drug-likeness (QED) is 0.791. The van der Waals surface area contributed by atoms with Gasteiger partial charge in [0.25, 0.3) is 5.91 Å². The van der Waals surface area contributed by atoms with Crippen LogP contribution in [0.25, 0.3) is 0 Å². The number of carbonyl (C=O) groups excluding carboxylic acids is 1. The van der Waals surface area contributed by atoms with Crippen molar-refractivity contribution in [1.82, 2.24) is 19.8 Å². The van der Waals surface area contributed by atoms with Crippen LogP contribution in [0.1, 0.15) is 79.1 Å². The number of aromatic nitrogens is 3. The van der Waals surface area contributed by atoms with Gasteiger partial charge in [-0.3, -0.25) is 9.48 Å². The van der Waals surface area contributed by atoms with Crippen molar-refractivity contribution in [3.63, 3.8) is 0 Å². The first-order valence-electron chi connectivity index (χ1n) is 9.07. The predicted octanol–water partition coefficient (Wildman–Crippen LogP) is 4.31. The molecule has 1 saturated heterocycles.